The van der Waals surface area contributed by atoms with Crippen LogP contribution in [0, 0.1) is 11.6 Å². The Bertz CT molecular complexity index is 357. The van der Waals surface area contributed by atoms with Gasteiger partial charge in [-0.3, -0.25) is 10.0 Å². The highest BCUT2D eigenvalue weighted by atomic mass is 79.9. The van der Waals surface area contributed by atoms with E-state index in [9.17, 15) is 13.6 Å². The van der Waals surface area contributed by atoms with E-state index in [1.807, 2.05) is 0 Å². The smallest absolute Gasteiger partial charge is 0.280 e. The van der Waals surface area contributed by atoms with E-state index in [-0.39, 0.29) is 4.47 Å². The van der Waals surface area contributed by atoms with Crippen LogP contribution in [0.25, 0.3) is 0 Å². The molecule has 0 aromatic heterocycles. The summed E-state index contributed by atoms with van der Waals surface area (Å²) in [4.78, 5) is 10.7. The van der Waals surface area contributed by atoms with Gasteiger partial charge in [-0.25, -0.2) is 14.3 Å². The zero-order valence-corrected chi connectivity index (χ0v) is 7.73. The third-order valence-electron chi connectivity index (χ3n) is 1.37. The lowest BCUT2D eigenvalue weighted by Gasteiger charge is -2.03. The van der Waals surface area contributed by atoms with Crippen molar-refractivity contribution in [2.45, 2.75) is 0 Å². The van der Waals surface area contributed by atoms with Gasteiger partial charge in [-0.1, -0.05) is 0 Å². The predicted molar refractivity (Wildman–Crippen MR) is 43.3 cm³/mol. The first-order valence-corrected chi connectivity index (χ1v) is 3.95. The van der Waals surface area contributed by atoms with Crippen LogP contribution in [0.2, 0.25) is 0 Å². The van der Waals surface area contributed by atoms with E-state index < -0.39 is 23.1 Å². The van der Waals surface area contributed by atoms with Crippen molar-refractivity contribution in [1.82, 2.24) is 5.48 Å². The van der Waals surface area contributed by atoms with Gasteiger partial charge in [-0.2, -0.15) is 0 Å². The van der Waals surface area contributed by atoms with Gasteiger partial charge in [0.1, 0.15) is 11.4 Å². The Morgan fingerprint density at radius 1 is 1.46 bits per heavy atom. The van der Waals surface area contributed by atoms with Crippen molar-refractivity contribution < 1.29 is 18.8 Å². The van der Waals surface area contributed by atoms with Gasteiger partial charge >= 0.3 is 0 Å². The van der Waals surface area contributed by atoms with Crippen molar-refractivity contribution in [3.8, 4) is 0 Å². The molecule has 0 heterocycles. The Hall–Kier alpha value is -1.01. The van der Waals surface area contributed by atoms with Crippen LogP contribution in [-0.4, -0.2) is 11.1 Å². The van der Waals surface area contributed by atoms with E-state index in [2.05, 4.69) is 15.9 Å². The van der Waals surface area contributed by atoms with Crippen molar-refractivity contribution in [2.75, 3.05) is 0 Å². The van der Waals surface area contributed by atoms with Crippen LogP contribution in [0.3, 0.4) is 0 Å². The zero-order chi connectivity index (χ0) is 10.0. The van der Waals surface area contributed by atoms with Crippen LogP contribution in [0.5, 0.6) is 0 Å². The van der Waals surface area contributed by atoms with E-state index in [0.29, 0.717) is 0 Å². The third-order valence-corrected chi connectivity index (χ3v) is 1.99. The van der Waals surface area contributed by atoms with E-state index in [1.165, 1.54) is 0 Å². The number of carbonyl (C=O) groups is 1. The molecule has 2 N–H and O–H groups in total. The molecule has 0 radical (unpaired) electrons. The lowest BCUT2D eigenvalue weighted by Crippen LogP contribution is -2.21. The quantitative estimate of drug-likeness (QED) is 0.455. The molecule has 70 valence electrons. The molecule has 6 heteroatoms. The molecule has 0 saturated heterocycles. The lowest BCUT2D eigenvalue weighted by molar-refractivity contribution is 0.0696. The number of carbonyl (C=O) groups excluding carboxylic acids is 1. The predicted octanol–water partition coefficient (Wildman–Crippen LogP) is 1.85. The van der Waals surface area contributed by atoms with Crippen LogP contribution in [0.4, 0.5) is 8.78 Å². The Balaban J connectivity index is 3.33. The maximum Gasteiger partial charge on any atom is 0.280 e. The van der Waals surface area contributed by atoms with E-state index in [1.54, 1.807) is 0 Å². The highest BCUT2D eigenvalue weighted by molar-refractivity contribution is 9.10. The molecular formula is C7H4BrF2NO2. The zero-order valence-electron chi connectivity index (χ0n) is 6.14. The van der Waals surface area contributed by atoms with Crippen LogP contribution in [-0.2, 0) is 0 Å². The largest absolute Gasteiger partial charge is 0.288 e. The average Bonchev–Trinajstić information content (AvgIpc) is 2.12. The minimum Gasteiger partial charge on any atom is -0.288 e. The highest BCUT2D eigenvalue weighted by Crippen LogP contribution is 2.21. The lowest BCUT2D eigenvalue weighted by atomic mass is 10.2. The summed E-state index contributed by atoms with van der Waals surface area (Å²) in [6.45, 7) is 0. The molecule has 0 saturated carbocycles. The first-order valence-electron chi connectivity index (χ1n) is 3.16. The molecule has 0 atom stereocenters. The second-order valence-corrected chi connectivity index (χ2v) is 3.01. The second-order valence-electron chi connectivity index (χ2n) is 2.16. The molecule has 0 fully saturated rings. The molecule has 1 aromatic rings. The molecule has 0 aliphatic heterocycles. The third kappa shape index (κ3) is 1.84. The van der Waals surface area contributed by atoms with Gasteiger partial charge < -0.3 is 0 Å². The number of hydrogen-bond donors (Lipinski definition) is 2. The summed E-state index contributed by atoms with van der Waals surface area (Å²) in [5.41, 5.74) is 0.328. The van der Waals surface area contributed by atoms with E-state index in [4.69, 9.17) is 5.21 Å². The molecular weight excluding hydrogens is 248 g/mol. The summed E-state index contributed by atoms with van der Waals surface area (Å²) in [5.74, 6) is -3.31. The maximum atomic E-state index is 13.0. The SMILES string of the molecule is O=C(NO)c1c(F)ccc(Br)c1F. The minimum absolute atomic E-state index is 0.0486. The molecule has 0 unspecified atom stereocenters. The molecule has 13 heavy (non-hydrogen) atoms. The normalized spacial score (nSPS) is 9.85. The molecule has 0 bridgehead atoms. The van der Waals surface area contributed by atoms with Gasteiger partial charge in [-0.15, -0.1) is 0 Å². The summed E-state index contributed by atoms with van der Waals surface area (Å²) >= 11 is 2.77. The summed E-state index contributed by atoms with van der Waals surface area (Å²) in [6, 6.07) is 2.04. The second kappa shape index (κ2) is 3.80. The number of rotatable bonds is 1. The van der Waals surface area contributed by atoms with Gasteiger partial charge in [0.2, 0.25) is 0 Å². The monoisotopic (exact) mass is 251 g/mol. The van der Waals surface area contributed by atoms with Crippen molar-refractivity contribution in [3.05, 3.63) is 33.8 Å². The standard InChI is InChI=1S/C7H4BrF2NO2/c8-3-1-2-4(9)5(6(3)10)7(12)11-13/h1-2,13H,(H,11,12). The number of hydroxylamine groups is 1. The van der Waals surface area contributed by atoms with Gasteiger partial charge in [0.05, 0.1) is 4.47 Å². The summed E-state index contributed by atoms with van der Waals surface area (Å²) in [5, 5.41) is 8.18. The van der Waals surface area contributed by atoms with Crippen molar-refractivity contribution in [1.29, 1.82) is 0 Å². The van der Waals surface area contributed by atoms with Crippen LogP contribution >= 0.6 is 15.9 Å². The number of benzene rings is 1. The highest BCUT2D eigenvalue weighted by Gasteiger charge is 2.18. The molecule has 1 rings (SSSR count). The number of hydrogen-bond acceptors (Lipinski definition) is 2. The Morgan fingerprint density at radius 3 is 2.62 bits per heavy atom. The topological polar surface area (TPSA) is 49.3 Å². The van der Waals surface area contributed by atoms with Crippen molar-refractivity contribution in [3.63, 3.8) is 0 Å². The van der Waals surface area contributed by atoms with Crippen LogP contribution in [0.15, 0.2) is 16.6 Å². The molecule has 1 amide bonds. The van der Waals surface area contributed by atoms with Gasteiger partial charge in [0.25, 0.3) is 5.91 Å². The fraction of sp³-hybridized carbons (Fsp3) is 0. The Morgan fingerprint density at radius 2 is 2.08 bits per heavy atom. The molecule has 3 nitrogen and oxygen atoms in total. The maximum absolute atomic E-state index is 13.0. The Kier molecular flexibility index (Phi) is 2.94. The summed E-state index contributed by atoms with van der Waals surface area (Å²) in [6.07, 6.45) is 0. The van der Waals surface area contributed by atoms with Crippen LogP contribution in [0.1, 0.15) is 10.4 Å². The van der Waals surface area contributed by atoms with E-state index >= 15 is 0 Å². The van der Waals surface area contributed by atoms with Gasteiger partial charge in [0.15, 0.2) is 5.82 Å². The molecule has 1 aromatic carbocycles. The summed E-state index contributed by atoms with van der Waals surface area (Å²) < 4.78 is 25.8. The van der Waals surface area contributed by atoms with Crippen molar-refractivity contribution in [2.24, 2.45) is 0 Å². The fourth-order valence-electron chi connectivity index (χ4n) is 0.791. The minimum atomic E-state index is -1.23. The average molecular weight is 252 g/mol. The number of halogens is 3. The van der Waals surface area contributed by atoms with Gasteiger partial charge in [0, 0.05) is 0 Å². The molecule has 0 spiro atoms. The van der Waals surface area contributed by atoms with Crippen molar-refractivity contribution >= 4 is 21.8 Å². The molecule has 0 aliphatic carbocycles. The summed E-state index contributed by atoms with van der Waals surface area (Å²) in [7, 11) is 0. The Labute approximate surface area is 80.5 Å². The first-order chi connectivity index (χ1) is 6.07. The van der Waals surface area contributed by atoms with Crippen LogP contribution < -0.4 is 5.48 Å². The van der Waals surface area contributed by atoms with Gasteiger partial charge in [-0.05, 0) is 28.1 Å². The molecule has 0 aliphatic rings. The fourth-order valence-corrected chi connectivity index (χ4v) is 1.12. The first kappa shape index (κ1) is 10.1. The number of nitrogens with one attached hydrogen (secondary N) is 1. The van der Waals surface area contributed by atoms with E-state index in [0.717, 1.165) is 17.6 Å². The number of amides is 1.